The molecule has 1 saturated carbocycles. The average molecular weight is 215 g/mol. The second-order valence-electron chi connectivity index (χ2n) is 4.81. The molecule has 1 rings (SSSR count). The minimum atomic E-state index is -0.237. The predicted molar refractivity (Wildman–Crippen MR) is 63.7 cm³/mol. The van der Waals surface area contributed by atoms with Gasteiger partial charge in [-0.3, -0.25) is 4.79 Å². The summed E-state index contributed by atoms with van der Waals surface area (Å²) in [6, 6.07) is 0. The zero-order valence-corrected chi connectivity index (χ0v) is 9.91. The molecule has 0 atom stereocenters. The van der Waals surface area contributed by atoms with Crippen molar-refractivity contribution in [1.29, 1.82) is 0 Å². The molecule has 14 heavy (non-hydrogen) atoms. The molecule has 0 saturated heterocycles. The van der Waals surface area contributed by atoms with E-state index in [1.54, 1.807) is 0 Å². The van der Waals surface area contributed by atoms with E-state index in [-0.39, 0.29) is 10.6 Å². The molecule has 0 aromatic heterocycles. The molecule has 1 aliphatic rings. The Morgan fingerprint density at radius 3 is 1.64 bits per heavy atom. The first kappa shape index (κ1) is 12.1. The summed E-state index contributed by atoms with van der Waals surface area (Å²) in [6.45, 7) is 0. The topological polar surface area (TPSA) is 17.1 Å². The maximum Gasteiger partial charge on any atom is 0.219 e. The van der Waals surface area contributed by atoms with Crippen LogP contribution in [0.25, 0.3) is 0 Å². The highest BCUT2D eigenvalue weighted by atomic mass is 35.5. The Bertz CT molecular complexity index is 184. The minimum absolute atomic E-state index is 0.127. The monoisotopic (exact) mass is 214 g/mol. The Balaban J connectivity index is 2.49. The highest BCUT2D eigenvalue weighted by Gasteiger charge is 2.30. The molecule has 0 N–H and O–H groups in total. The van der Waals surface area contributed by atoms with Crippen molar-refractivity contribution in [2.45, 2.75) is 63.1 Å². The van der Waals surface area contributed by atoms with E-state index in [4.69, 9.17) is 11.6 Å². The van der Waals surface area contributed by atoms with Gasteiger partial charge in [0.25, 0.3) is 0 Å². The molecule has 0 aromatic carbocycles. The van der Waals surface area contributed by atoms with Gasteiger partial charge in [-0.05, 0) is 24.4 Å². The molecule has 1 fully saturated rings. The largest absolute Gasteiger partial charge is 0.282 e. The molecule has 1 aliphatic carbocycles. The summed E-state index contributed by atoms with van der Waals surface area (Å²) in [7, 11) is 2.03. The molecule has 0 aliphatic heterocycles. The van der Waals surface area contributed by atoms with Crippen LogP contribution in [0.3, 0.4) is 0 Å². The third kappa shape index (κ3) is 3.64. The van der Waals surface area contributed by atoms with Crippen molar-refractivity contribution >= 4 is 24.7 Å². The lowest BCUT2D eigenvalue weighted by atomic mass is 9.63. The van der Waals surface area contributed by atoms with Crippen LogP contribution in [0.4, 0.5) is 0 Å². The van der Waals surface area contributed by atoms with Gasteiger partial charge in [0, 0.05) is 5.31 Å². The second-order valence-corrected chi connectivity index (χ2v) is 5.15. The van der Waals surface area contributed by atoms with Crippen LogP contribution in [0.2, 0.25) is 5.31 Å². The maximum atomic E-state index is 11.3. The first-order valence-electron chi connectivity index (χ1n) is 5.85. The van der Waals surface area contributed by atoms with E-state index in [9.17, 15) is 4.79 Å². The Morgan fingerprint density at radius 2 is 1.29 bits per heavy atom. The lowest BCUT2D eigenvalue weighted by molar-refractivity contribution is -0.114. The molecule has 0 amide bonds. The molecule has 1 nitrogen and oxygen atoms in total. The normalized spacial score (nSPS) is 24.1. The lowest BCUT2D eigenvalue weighted by Gasteiger charge is -2.26. The van der Waals surface area contributed by atoms with Gasteiger partial charge in [0.15, 0.2) is 0 Å². The fourth-order valence-electron chi connectivity index (χ4n) is 2.24. The van der Waals surface area contributed by atoms with Gasteiger partial charge in [0.05, 0.1) is 0 Å². The number of carbonyl (C=O) groups excluding carboxylic acids is 1. The van der Waals surface area contributed by atoms with E-state index < -0.39 is 0 Å². The van der Waals surface area contributed by atoms with Crippen molar-refractivity contribution in [3.8, 4) is 0 Å². The molecular formula is C11H20BClO. The number of carbonyl (C=O) groups is 1. The molecular weight excluding hydrogens is 194 g/mol. The van der Waals surface area contributed by atoms with E-state index in [0.29, 0.717) is 0 Å². The molecule has 0 spiro atoms. The molecule has 0 unspecified atom stereocenters. The quantitative estimate of drug-likeness (QED) is 0.484. The van der Waals surface area contributed by atoms with Crippen LogP contribution in [0, 0.1) is 0 Å². The van der Waals surface area contributed by atoms with Crippen molar-refractivity contribution in [3.63, 3.8) is 0 Å². The smallest absolute Gasteiger partial charge is 0.219 e. The van der Waals surface area contributed by atoms with Crippen molar-refractivity contribution in [2.24, 2.45) is 0 Å². The predicted octanol–water partition coefficient (Wildman–Crippen LogP) is 3.07. The number of rotatable bonds is 1. The van der Waals surface area contributed by atoms with Crippen LogP contribution in [-0.2, 0) is 4.79 Å². The van der Waals surface area contributed by atoms with Crippen LogP contribution in [-0.4, -0.2) is 13.1 Å². The van der Waals surface area contributed by atoms with Crippen molar-refractivity contribution in [2.75, 3.05) is 0 Å². The zero-order chi connectivity index (χ0) is 10.4. The van der Waals surface area contributed by atoms with Gasteiger partial charge < -0.3 is 0 Å². The van der Waals surface area contributed by atoms with Crippen LogP contribution in [0.15, 0.2) is 0 Å². The van der Waals surface area contributed by atoms with E-state index in [2.05, 4.69) is 0 Å². The Morgan fingerprint density at radius 1 is 0.929 bits per heavy atom. The fraction of sp³-hybridized carbons (Fsp3) is 0.909. The Labute approximate surface area is 93.0 Å². The summed E-state index contributed by atoms with van der Waals surface area (Å²) >= 11 is 5.68. The minimum Gasteiger partial charge on any atom is -0.282 e. The summed E-state index contributed by atoms with van der Waals surface area (Å²) in [5, 5.41) is -0.364. The van der Waals surface area contributed by atoms with Crippen molar-refractivity contribution in [1.82, 2.24) is 0 Å². The van der Waals surface area contributed by atoms with Crippen LogP contribution in [0.1, 0.15) is 57.8 Å². The summed E-state index contributed by atoms with van der Waals surface area (Å²) in [5.74, 6) is 0. The van der Waals surface area contributed by atoms with Gasteiger partial charge in [0.2, 0.25) is 5.24 Å². The van der Waals surface area contributed by atoms with Crippen LogP contribution in [0.5, 0.6) is 0 Å². The molecule has 0 bridgehead atoms. The molecule has 3 heteroatoms. The van der Waals surface area contributed by atoms with Gasteiger partial charge in [-0.15, -0.1) is 0 Å². The number of halogens is 1. The van der Waals surface area contributed by atoms with E-state index in [1.807, 2.05) is 7.85 Å². The Hall–Kier alpha value is 0.0249. The third-order valence-electron chi connectivity index (χ3n) is 3.43. The van der Waals surface area contributed by atoms with Crippen LogP contribution >= 0.6 is 11.6 Å². The first-order valence-corrected chi connectivity index (χ1v) is 6.23. The molecule has 0 radical (unpaired) electrons. The summed E-state index contributed by atoms with van der Waals surface area (Å²) < 4.78 is 0. The fourth-order valence-corrected chi connectivity index (χ4v) is 2.42. The Kier molecular flexibility index (Phi) is 5.01. The van der Waals surface area contributed by atoms with E-state index >= 15 is 0 Å². The van der Waals surface area contributed by atoms with Crippen LogP contribution < -0.4 is 0 Å². The van der Waals surface area contributed by atoms with Crippen molar-refractivity contribution < 1.29 is 4.79 Å². The SMILES string of the molecule is BC1(C(=O)Cl)CCCCCCCCC1. The van der Waals surface area contributed by atoms with Gasteiger partial charge in [-0.2, -0.15) is 0 Å². The molecule has 80 valence electrons. The second kappa shape index (κ2) is 5.80. The maximum absolute atomic E-state index is 11.3. The van der Waals surface area contributed by atoms with Gasteiger partial charge in [0.1, 0.15) is 7.85 Å². The highest BCUT2D eigenvalue weighted by Crippen LogP contribution is 2.38. The summed E-state index contributed by atoms with van der Waals surface area (Å²) in [6.07, 6.45) is 10.8. The summed E-state index contributed by atoms with van der Waals surface area (Å²) in [5.41, 5.74) is 0. The number of hydrogen-bond donors (Lipinski definition) is 0. The standard InChI is InChI=1S/C11H20BClO/c12-11(10(13)14)8-6-4-2-1-3-5-7-9-11/h1-9,12H2. The third-order valence-corrected chi connectivity index (χ3v) is 3.89. The first-order chi connectivity index (χ1) is 6.65. The number of hydrogen-bond acceptors (Lipinski definition) is 1. The van der Waals surface area contributed by atoms with Gasteiger partial charge in [-0.25, -0.2) is 0 Å². The average Bonchev–Trinajstić information content (AvgIpc) is 2.16. The molecule has 0 heterocycles. The van der Waals surface area contributed by atoms with E-state index in [1.165, 1.54) is 32.1 Å². The highest BCUT2D eigenvalue weighted by molar-refractivity contribution is 6.69. The molecule has 0 aromatic rings. The summed E-state index contributed by atoms with van der Waals surface area (Å²) in [4.78, 5) is 11.3. The van der Waals surface area contributed by atoms with Crippen molar-refractivity contribution in [3.05, 3.63) is 0 Å². The van der Waals surface area contributed by atoms with Gasteiger partial charge in [-0.1, -0.05) is 44.9 Å². The van der Waals surface area contributed by atoms with E-state index in [0.717, 1.165) is 25.7 Å². The van der Waals surface area contributed by atoms with Gasteiger partial charge >= 0.3 is 0 Å². The zero-order valence-electron chi connectivity index (χ0n) is 9.15. The lowest BCUT2D eigenvalue weighted by Crippen LogP contribution is -2.20.